The van der Waals surface area contributed by atoms with E-state index in [2.05, 4.69) is 30.9 Å². The number of nitrogens with one attached hydrogen (secondary N) is 1. The highest BCUT2D eigenvalue weighted by Gasteiger charge is 2.09. The van der Waals surface area contributed by atoms with Crippen molar-refractivity contribution in [3.05, 3.63) is 46.8 Å². The standard InChI is InChI=1S/C10H7BrN2O2/c11-9-4-2-1-3-8(9)10(14)13-7-5-12-15-6-7/h1-6H,(H,13,14). The summed E-state index contributed by atoms with van der Waals surface area (Å²) in [6.45, 7) is 0. The van der Waals surface area contributed by atoms with E-state index < -0.39 is 0 Å². The Labute approximate surface area is 94.4 Å². The minimum absolute atomic E-state index is 0.203. The fraction of sp³-hybridized carbons (Fsp3) is 0. The Hall–Kier alpha value is -1.62. The summed E-state index contributed by atoms with van der Waals surface area (Å²) < 4.78 is 5.35. The summed E-state index contributed by atoms with van der Waals surface area (Å²) in [4.78, 5) is 11.7. The number of nitrogens with zero attached hydrogens (tertiary/aromatic N) is 1. The normalized spacial score (nSPS) is 9.93. The maximum absolute atomic E-state index is 11.7. The van der Waals surface area contributed by atoms with Crippen molar-refractivity contribution in [2.45, 2.75) is 0 Å². The lowest BCUT2D eigenvalue weighted by Crippen LogP contribution is -2.11. The smallest absolute Gasteiger partial charge is 0.256 e. The zero-order valence-corrected chi connectivity index (χ0v) is 9.19. The number of anilines is 1. The SMILES string of the molecule is O=C(Nc1cnoc1)c1ccccc1Br. The van der Waals surface area contributed by atoms with Crippen molar-refractivity contribution in [1.82, 2.24) is 5.16 Å². The first-order valence-corrected chi connectivity index (χ1v) is 5.02. The lowest BCUT2D eigenvalue weighted by atomic mass is 10.2. The van der Waals surface area contributed by atoms with E-state index in [9.17, 15) is 4.79 Å². The number of halogens is 1. The van der Waals surface area contributed by atoms with Gasteiger partial charge >= 0.3 is 0 Å². The molecule has 0 aliphatic rings. The molecule has 0 spiro atoms. The Balaban J connectivity index is 2.19. The highest BCUT2D eigenvalue weighted by atomic mass is 79.9. The maximum atomic E-state index is 11.7. The summed E-state index contributed by atoms with van der Waals surface area (Å²) in [5.41, 5.74) is 1.11. The number of benzene rings is 1. The quantitative estimate of drug-likeness (QED) is 0.910. The molecular formula is C10H7BrN2O2. The third-order valence-corrected chi connectivity index (χ3v) is 2.50. The molecule has 0 fully saturated rings. The van der Waals surface area contributed by atoms with Gasteiger partial charge in [-0.25, -0.2) is 0 Å². The van der Waals surface area contributed by atoms with Crippen LogP contribution >= 0.6 is 15.9 Å². The lowest BCUT2D eigenvalue weighted by molar-refractivity contribution is 0.102. The molecule has 1 amide bonds. The monoisotopic (exact) mass is 266 g/mol. The summed E-state index contributed by atoms with van der Waals surface area (Å²) in [6, 6.07) is 7.18. The largest absolute Gasteiger partial charge is 0.363 e. The average Bonchev–Trinajstić information content (AvgIpc) is 2.71. The molecule has 0 saturated carbocycles. The molecule has 1 N–H and O–H groups in total. The van der Waals surface area contributed by atoms with Gasteiger partial charge in [-0.2, -0.15) is 0 Å². The first-order valence-electron chi connectivity index (χ1n) is 4.22. The van der Waals surface area contributed by atoms with Crippen LogP contribution in [0.4, 0.5) is 5.69 Å². The van der Waals surface area contributed by atoms with E-state index >= 15 is 0 Å². The van der Waals surface area contributed by atoms with Crippen LogP contribution in [0.15, 0.2) is 45.7 Å². The third kappa shape index (κ3) is 2.24. The number of carbonyl (C=O) groups excluding carboxylic acids is 1. The summed E-state index contributed by atoms with van der Waals surface area (Å²) >= 11 is 3.30. The number of hydrogen-bond donors (Lipinski definition) is 1. The second kappa shape index (κ2) is 4.27. The van der Waals surface area contributed by atoms with Crippen molar-refractivity contribution >= 4 is 27.5 Å². The molecule has 1 aromatic heterocycles. The second-order valence-corrected chi connectivity index (χ2v) is 3.70. The Bertz CT molecular complexity index is 468. The van der Waals surface area contributed by atoms with Crippen LogP contribution in [0.5, 0.6) is 0 Å². The molecule has 76 valence electrons. The van der Waals surface area contributed by atoms with Crippen molar-refractivity contribution in [3.8, 4) is 0 Å². The molecule has 4 nitrogen and oxygen atoms in total. The predicted molar refractivity (Wildman–Crippen MR) is 58.6 cm³/mol. The average molecular weight is 267 g/mol. The Morgan fingerprint density at radius 3 is 2.87 bits per heavy atom. The second-order valence-electron chi connectivity index (χ2n) is 2.85. The van der Waals surface area contributed by atoms with E-state index in [1.807, 2.05) is 12.1 Å². The van der Waals surface area contributed by atoms with Crippen molar-refractivity contribution < 1.29 is 9.32 Å². The molecule has 15 heavy (non-hydrogen) atoms. The number of aromatic nitrogens is 1. The van der Waals surface area contributed by atoms with Crippen molar-refractivity contribution in [2.24, 2.45) is 0 Å². The molecule has 1 aromatic carbocycles. The maximum Gasteiger partial charge on any atom is 0.256 e. The Morgan fingerprint density at radius 1 is 1.40 bits per heavy atom. The highest BCUT2D eigenvalue weighted by Crippen LogP contribution is 2.17. The molecule has 1 heterocycles. The van der Waals surface area contributed by atoms with Crippen LogP contribution in [0, 0.1) is 0 Å². The Morgan fingerprint density at radius 2 is 2.20 bits per heavy atom. The van der Waals surface area contributed by atoms with Gasteiger partial charge < -0.3 is 9.84 Å². The molecule has 0 atom stereocenters. The number of rotatable bonds is 2. The fourth-order valence-electron chi connectivity index (χ4n) is 1.11. The van der Waals surface area contributed by atoms with Crippen LogP contribution in [0.25, 0.3) is 0 Å². The van der Waals surface area contributed by atoms with Gasteiger partial charge in [-0.15, -0.1) is 0 Å². The minimum Gasteiger partial charge on any atom is -0.363 e. The van der Waals surface area contributed by atoms with Crippen molar-refractivity contribution in [2.75, 3.05) is 5.32 Å². The predicted octanol–water partition coefficient (Wildman–Crippen LogP) is 2.69. The summed E-state index contributed by atoms with van der Waals surface area (Å²) in [5.74, 6) is -0.203. The van der Waals surface area contributed by atoms with E-state index in [1.54, 1.807) is 12.1 Å². The van der Waals surface area contributed by atoms with Crippen LogP contribution in [0.3, 0.4) is 0 Å². The lowest BCUT2D eigenvalue weighted by Gasteiger charge is -2.03. The van der Waals surface area contributed by atoms with Gasteiger partial charge in [-0.05, 0) is 28.1 Å². The molecular weight excluding hydrogens is 260 g/mol. The van der Waals surface area contributed by atoms with Gasteiger partial charge in [0, 0.05) is 4.47 Å². The zero-order valence-electron chi connectivity index (χ0n) is 7.61. The van der Waals surface area contributed by atoms with Crippen LogP contribution in [-0.4, -0.2) is 11.1 Å². The van der Waals surface area contributed by atoms with Gasteiger partial charge in [-0.1, -0.05) is 17.3 Å². The molecule has 0 unspecified atom stereocenters. The molecule has 0 radical (unpaired) electrons. The molecule has 0 aliphatic carbocycles. The summed E-state index contributed by atoms with van der Waals surface area (Å²) in [6.07, 6.45) is 2.81. The topological polar surface area (TPSA) is 55.1 Å². The van der Waals surface area contributed by atoms with Gasteiger partial charge in [0.05, 0.1) is 11.8 Å². The van der Waals surface area contributed by atoms with E-state index in [0.717, 1.165) is 4.47 Å². The zero-order chi connectivity index (χ0) is 10.7. The number of amides is 1. The van der Waals surface area contributed by atoms with Crippen LogP contribution in [-0.2, 0) is 0 Å². The molecule has 2 rings (SSSR count). The van der Waals surface area contributed by atoms with Crippen LogP contribution in [0.2, 0.25) is 0 Å². The van der Waals surface area contributed by atoms with Crippen LogP contribution in [0.1, 0.15) is 10.4 Å². The first-order chi connectivity index (χ1) is 7.27. The van der Waals surface area contributed by atoms with E-state index in [4.69, 9.17) is 0 Å². The number of hydrogen-bond acceptors (Lipinski definition) is 3. The van der Waals surface area contributed by atoms with Gasteiger partial charge in [0.1, 0.15) is 12.0 Å². The van der Waals surface area contributed by atoms with Gasteiger partial charge in [0.15, 0.2) is 0 Å². The first kappa shape index (κ1) is 9.92. The van der Waals surface area contributed by atoms with Crippen LogP contribution < -0.4 is 5.32 Å². The van der Waals surface area contributed by atoms with Gasteiger partial charge in [-0.3, -0.25) is 4.79 Å². The highest BCUT2D eigenvalue weighted by molar-refractivity contribution is 9.10. The van der Waals surface area contributed by atoms with Gasteiger partial charge in [0.2, 0.25) is 0 Å². The fourth-order valence-corrected chi connectivity index (χ4v) is 1.58. The summed E-state index contributed by atoms with van der Waals surface area (Å²) in [7, 11) is 0. The number of carbonyl (C=O) groups is 1. The minimum atomic E-state index is -0.203. The Kier molecular flexibility index (Phi) is 2.82. The van der Waals surface area contributed by atoms with E-state index in [-0.39, 0.29) is 5.91 Å². The molecule has 0 bridgehead atoms. The molecule has 0 saturated heterocycles. The van der Waals surface area contributed by atoms with Crippen molar-refractivity contribution in [1.29, 1.82) is 0 Å². The van der Waals surface area contributed by atoms with Gasteiger partial charge in [0.25, 0.3) is 5.91 Å². The summed E-state index contributed by atoms with van der Waals surface area (Å²) in [5, 5.41) is 6.14. The van der Waals surface area contributed by atoms with Crippen molar-refractivity contribution in [3.63, 3.8) is 0 Å². The molecule has 5 heteroatoms. The molecule has 2 aromatic rings. The molecule has 0 aliphatic heterocycles. The van der Waals surface area contributed by atoms with E-state index in [1.165, 1.54) is 12.5 Å². The van der Waals surface area contributed by atoms with E-state index in [0.29, 0.717) is 11.3 Å². The third-order valence-electron chi connectivity index (χ3n) is 1.81.